The average Bonchev–Trinajstić information content (AvgIpc) is 3.10. The lowest BCUT2D eigenvalue weighted by molar-refractivity contribution is -0.126. The molecule has 0 aromatic heterocycles. The van der Waals surface area contributed by atoms with Gasteiger partial charge in [-0.3, -0.25) is 4.79 Å². The van der Waals surface area contributed by atoms with Gasteiger partial charge in [0.15, 0.2) is 0 Å². The standard InChI is InChI=1S/C20H20BrNO2S/c1-14-5-3-4-6-15(14)7-10-19(23)22-11-12-25-20(22)17-13-16(21)8-9-18(17)24-2/h3-10,13,20H,11-12H2,1-2H3/b10-7+. The minimum atomic E-state index is -0.0264. The fourth-order valence-electron chi connectivity index (χ4n) is 2.88. The summed E-state index contributed by atoms with van der Waals surface area (Å²) in [4.78, 5) is 14.7. The highest BCUT2D eigenvalue weighted by atomic mass is 79.9. The highest BCUT2D eigenvalue weighted by Gasteiger charge is 2.31. The lowest BCUT2D eigenvalue weighted by Crippen LogP contribution is -2.29. The van der Waals surface area contributed by atoms with Crippen LogP contribution in [0.25, 0.3) is 6.08 Å². The van der Waals surface area contributed by atoms with Crippen molar-refractivity contribution in [2.24, 2.45) is 0 Å². The molecule has 3 nitrogen and oxygen atoms in total. The van der Waals surface area contributed by atoms with Gasteiger partial charge < -0.3 is 9.64 Å². The molecule has 0 saturated carbocycles. The third-order valence-electron chi connectivity index (χ3n) is 4.23. The van der Waals surface area contributed by atoms with E-state index in [2.05, 4.69) is 15.9 Å². The van der Waals surface area contributed by atoms with Crippen LogP contribution in [-0.2, 0) is 4.79 Å². The Morgan fingerprint density at radius 3 is 2.88 bits per heavy atom. The minimum absolute atomic E-state index is 0.0264. The van der Waals surface area contributed by atoms with E-state index in [0.717, 1.165) is 39.2 Å². The molecule has 1 atom stereocenters. The predicted molar refractivity (Wildman–Crippen MR) is 108 cm³/mol. The van der Waals surface area contributed by atoms with Gasteiger partial charge in [0, 0.05) is 28.4 Å². The molecular formula is C20H20BrNO2S. The molecule has 0 aliphatic carbocycles. The van der Waals surface area contributed by atoms with Crippen LogP contribution in [0, 0.1) is 6.92 Å². The number of hydrogen-bond acceptors (Lipinski definition) is 3. The van der Waals surface area contributed by atoms with E-state index in [1.54, 1.807) is 24.9 Å². The van der Waals surface area contributed by atoms with Crippen molar-refractivity contribution in [3.8, 4) is 5.75 Å². The first-order valence-electron chi connectivity index (χ1n) is 8.09. The summed E-state index contributed by atoms with van der Waals surface area (Å²) < 4.78 is 6.48. The van der Waals surface area contributed by atoms with E-state index in [0.29, 0.717) is 0 Å². The first-order chi connectivity index (χ1) is 12.1. The van der Waals surface area contributed by atoms with Crippen LogP contribution in [0.3, 0.4) is 0 Å². The first-order valence-corrected chi connectivity index (χ1v) is 9.93. The first kappa shape index (κ1) is 18.1. The molecule has 1 saturated heterocycles. The summed E-state index contributed by atoms with van der Waals surface area (Å²) in [6.07, 6.45) is 3.57. The predicted octanol–water partition coefficient (Wildman–Crippen LogP) is 5.05. The van der Waals surface area contributed by atoms with Crippen LogP contribution in [0.5, 0.6) is 5.75 Å². The van der Waals surface area contributed by atoms with Crippen LogP contribution in [0.4, 0.5) is 0 Å². The largest absolute Gasteiger partial charge is 0.496 e. The monoisotopic (exact) mass is 417 g/mol. The van der Waals surface area contributed by atoms with Crippen molar-refractivity contribution in [1.82, 2.24) is 4.90 Å². The van der Waals surface area contributed by atoms with Crippen LogP contribution in [-0.4, -0.2) is 30.2 Å². The lowest BCUT2D eigenvalue weighted by atomic mass is 10.1. The van der Waals surface area contributed by atoms with E-state index in [1.807, 2.05) is 60.4 Å². The van der Waals surface area contributed by atoms with Gasteiger partial charge in [0.25, 0.3) is 0 Å². The second kappa shape index (κ2) is 8.11. The molecule has 5 heteroatoms. The number of nitrogens with zero attached hydrogens (tertiary/aromatic N) is 1. The van der Waals surface area contributed by atoms with Gasteiger partial charge in [-0.2, -0.15) is 0 Å². The van der Waals surface area contributed by atoms with Gasteiger partial charge in [0.2, 0.25) is 5.91 Å². The maximum absolute atomic E-state index is 12.8. The summed E-state index contributed by atoms with van der Waals surface area (Å²) in [7, 11) is 1.66. The molecule has 1 aliphatic rings. The minimum Gasteiger partial charge on any atom is -0.496 e. The van der Waals surface area contributed by atoms with Crippen molar-refractivity contribution in [2.45, 2.75) is 12.3 Å². The number of methoxy groups -OCH3 is 1. The summed E-state index contributed by atoms with van der Waals surface area (Å²) in [5.74, 6) is 1.76. The lowest BCUT2D eigenvalue weighted by Gasteiger charge is -2.24. The van der Waals surface area contributed by atoms with E-state index < -0.39 is 0 Å². The SMILES string of the molecule is COc1ccc(Br)cc1C1SCCN1C(=O)/C=C/c1ccccc1C. The van der Waals surface area contributed by atoms with Gasteiger partial charge in [-0.25, -0.2) is 0 Å². The molecular weight excluding hydrogens is 398 g/mol. The Kier molecular flexibility index (Phi) is 5.86. The Labute approximate surface area is 161 Å². The number of hydrogen-bond donors (Lipinski definition) is 0. The molecule has 1 heterocycles. The maximum Gasteiger partial charge on any atom is 0.247 e. The zero-order valence-electron chi connectivity index (χ0n) is 14.2. The van der Waals surface area contributed by atoms with Gasteiger partial charge >= 0.3 is 0 Å². The van der Waals surface area contributed by atoms with E-state index in [-0.39, 0.29) is 11.3 Å². The van der Waals surface area contributed by atoms with E-state index in [9.17, 15) is 4.79 Å². The number of carbonyl (C=O) groups excluding carboxylic acids is 1. The van der Waals surface area contributed by atoms with Crippen molar-refractivity contribution in [1.29, 1.82) is 0 Å². The summed E-state index contributed by atoms with van der Waals surface area (Å²) >= 11 is 5.28. The van der Waals surface area contributed by atoms with E-state index in [1.165, 1.54) is 0 Å². The molecule has 0 radical (unpaired) electrons. The smallest absolute Gasteiger partial charge is 0.247 e. The molecule has 2 aromatic carbocycles. The molecule has 0 N–H and O–H groups in total. The Morgan fingerprint density at radius 2 is 2.12 bits per heavy atom. The molecule has 1 amide bonds. The van der Waals surface area contributed by atoms with Gasteiger partial charge in [-0.1, -0.05) is 40.2 Å². The van der Waals surface area contributed by atoms with Gasteiger partial charge in [-0.05, 0) is 42.3 Å². The van der Waals surface area contributed by atoms with E-state index in [4.69, 9.17) is 4.74 Å². The summed E-state index contributed by atoms with van der Waals surface area (Å²) in [5.41, 5.74) is 3.25. The second-order valence-electron chi connectivity index (χ2n) is 5.83. The Balaban J connectivity index is 1.83. The molecule has 0 bridgehead atoms. The van der Waals surface area contributed by atoms with Crippen molar-refractivity contribution >= 4 is 39.7 Å². The highest BCUT2D eigenvalue weighted by molar-refractivity contribution is 9.10. The topological polar surface area (TPSA) is 29.5 Å². The van der Waals surface area contributed by atoms with Gasteiger partial charge in [-0.15, -0.1) is 11.8 Å². The summed E-state index contributed by atoms with van der Waals surface area (Å²) in [6.45, 7) is 2.78. The molecule has 1 fully saturated rings. The fraction of sp³-hybridized carbons (Fsp3) is 0.250. The van der Waals surface area contributed by atoms with Crippen LogP contribution >= 0.6 is 27.7 Å². The molecule has 0 spiro atoms. The molecule has 3 rings (SSSR count). The number of halogens is 1. The molecule has 25 heavy (non-hydrogen) atoms. The van der Waals surface area contributed by atoms with Crippen LogP contribution in [0.1, 0.15) is 22.1 Å². The van der Waals surface area contributed by atoms with Crippen molar-refractivity contribution < 1.29 is 9.53 Å². The quantitative estimate of drug-likeness (QED) is 0.651. The third-order valence-corrected chi connectivity index (χ3v) is 5.96. The zero-order chi connectivity index (χ0) is 17.8. The molecule has 1 aliphatic heterocycles. The molecule has 1 unspecified atom stereocenters. The van der Waals surface area contributed by atoms with Crippen molar-refractivity contribution in [3.05, 3.63) is 69.7 Å². The molecule has 130 valence electrons. The second-order valence-corrected chi connectivity index (χ2v) is 7.93. The highest BCUT2D eigenvalue weighted by Crippen LogP contribution is 2.42. The number of rotatable bonds is 4. The Bertz CT molecular complexity index is 806. The number of ether oxygens (including phenoxy) is 1. The molecule has 2 aromatic rings. The number of amides is 1. The van der Waals surface area contributed by atoms with Crippen LogP contribution in [0.2, 0.25) is 0 Å². The van der Waals surface area contributed by atoms with E-state index >= 15 is 0 Å². The maximum atomic E-state index is 12.8. The fourth-order valence-corrected chi connectivity index (χ4v) is 4.54. The average molecular weight is 418 g/mol. The number of aryl methyl sites for hydroxylation is 1. The number of thioether (sulfide) groups is 1. The Morgan fingerprint density at radius 1 is 1.32 bits per heavy atom. The summed E-state index contributed by atoms with van der Waals surface area (Å²) in [6, 6.07) is 14.0. The Hall–Kier alpha value is -1.72. The van der Waals surface area contributed by atoms with Crippen molar-refractivity contribution in [2.75, 3.05) is 19.4 Å². The van der Waals surface area contributed by atoms with Crippen LogP contribution in [0.15, 0.2) is 53.0 Å². The van der Waals surface area contributed by atoms with Crippen LogP contribution < -0.4 is 4.74 Å². The normalized spacial score (nSPS) is 17.2. The third kappa shape index (κ3) is 4.10. The van der Waals surface area contributed by atoms with Gasteiger partial charge in [0.05, 0.1) is 7.11 Å². The number of carbonyl (C=O) groups is 1. The summed E-state index contributed by atoms with van der Waals surface area (Å²) in [5, 5.41) is -0.0264. The zero-order valence-corrected chi connectivity index (χ0v) is 16.6. The van der Waals surface area contributed by atoms with Gasteiger partial charge in [0.1, 0.15) is 11.1 Å². The number of benzene rings is 2. The van der Waals surface area contributed by atoms with Crippen molar-refractivity contribution in [3.63, 3.8) is 0 Å².